The molecule has 0 saturated carbocycles. The highest BCUT2D eigenvalue weighted by Crippen LogP contribution is 2.16. The van der Waals surface area contributed by atoms with Crippen LogP contribution in [-0.2, 0) is 14.3 Å². The normalized spacial score (nSPS) is 15.5. The summed E-state index contributed by atoms with van der Waals surface area (Å²) in [7, 11) is 1.55. The van der Waals surface area contributed by atoms with Crippen molar-refractivity contribution < 1.29 is 19.1 Å². The van der Waals surface area contributed by atoms with Gasteiger partial charge in [-0.2, -0.15) is 0 Å². The van der Waals surface area contributed by atoms with Gasteiger partial charge in [0.25, 0.3) is 5.56 Å². The Bertz CT molecular complexity index is 954. The molecule has 1 aromatic carbocycles. The van der Waals surface area contributed by atoms with E-state index in [4.69, 9.17) is 4.74 Å². The van der Waals surface area contributed by atoms with E-state index in [1.54, 1.807) is 38.2 Å². The van der Waals surface area contributed by atoms with Crippen molar-refractivity contribution in [1.82, 2.24) is 19.8 Å². The van der Waals surface area contributed by atoms with Crippen LogP contribution < -0.4 is 5.56 Å². The van der Waals surface area contributed by atoms with Gasteiger partial charge in [0.15, 0.2) is 11.9 Å². The van der Waals surface area contributed by atoms with Gasteiger partial charge in [0.1, 0.15) is 6.54 Å². The molecule has 3 rings (SSSR count). The van der Waals surface area contributed by atoms with Crippen molar-refractivity contribution in [3.63, 3.8) is 0 Å². The number of nitrogens with zero attached hydrogens (tertiary/aromatic N) is 3. The number of benzene rings is 1. The van der Waals surface area contributed by atoms with E-state index in [2.05, 4.69) is 9.97 Å². The summed E-state index contributed by atoms with van der Waals surface area (Å²) < 4.78 is 5.31. The first-order valence-electron chi connectivity index (χ1n) is 8.60. The van der Waals surface area contributed by atoms with E-state index in [1.165, 1.54) is 4.90 Å². The molecule has 9 nitrogen and oxygen atoms in total. The number of carbonyl (C=O) groups excluding carboxylic acids is 3. The maximum atomic E-state index is 12.1. The van der Waals surface area contributed by atoms with Crippen LogP contribution in [0.5, 0.6) is 0 Å². The second-order valence-electron chi connectivity index (χ2n) is 6.39. The summed E-state index contributed by atoms with van der Waals surface area (Å²) in [6.45, 7) is 1.84. The number of amides is 3. The van der Waals surface area contributed by atoms with E-state index < -0.39 is 12.1 Å². The number of H-pyrrole nitrogens is 1. The minimum absolute atomic E-state index is 0.0446. The van der Waals surface area contributed by atoms with Crippen molar-refractivity contribution in [2.24, 2.45) is 0 Å². The molecule has 1 N–H and O–H groups in total. The number of para-hydroxylation sites is 1. The molecule has 0 aliphatic carbocycles. The Morgan fingerprint density at radius 1 is 1.30 bits per heavy atom. The molecule has 1 aliphatic heterocycles. The molecule has 2 heterocycles. The molecule has 1 aromatic heterocycles. The first-order chi connectivity index (χ1) is 12.9. The van der Waals surface area contributed by atoms with Crippen molar-refractivity contribution in [1.29, 1.82) is 0 Å². The number of hydrogen-bond acceptors (Lipinski definition) is 6. The van der Waals surface area contributed by atoms with Crippen LogP contribution >= 0.6 is 0 Å². The quantitative estimate of drug-likeness (QED) is 0.602. The first-order valence-corrected chi connectivity index (χ1v) is 8.60. The molecule has 142 valence electrons. The fraction of sp³-hybridized carbons (Fsp3) is 0.389. The van der Waals surface area contributed by atoms with Gasteiger partial charge in [-0.25, -0.2) is 9.78 Å². The van der Waals surface area contributed by atoms with Gasteiger partial charge in [-0.1, -0.05) is 12.1 Å². The van der Waals surface area contributed by atoms with Crippen molar-refractivity contribution in [3.8, 4) is 0 Å². The number of carbonyl (C=O) groups is 3. The highest BCUT2D eigenvalue weighted by atomic mass is 16.5. The number of hydrogen-bond donors (Lipinski definition) is 1. The number of nitrogens with one attached hydrogen (secondary N) is 1. The lowest BCUT2D eigenvalue weighted by Crippen LogP contribution is -2.32. The Morgan fingerprint density at radius 3 is 2.74 bits per heavy atom. The average molecular weight is 372 g/mol. The maximum absolute atomic E-state index is 12.1. The lowest BCUT2D eigenvalue weighted by atomic mass is 10.2. The van der Waals surface area contributed by atoms with Crippen LogP contribution in [0.4, 0.5) is 4.79 Å². The highest BCUT2D eigenvalue weighted by Gasteiger charge is 2.33. The molecule has 2 aromatic rings. The van der Waals surface area contributed by atoms with Gasteiger partial charge in [-0.05, 0) is 25.5 Å². The van der Waals surface area contributed by atoms with Crippen molar-refractivity contribution in [3.05, 3.63) is 40.4 Å². The summed E-state index contributed by atoms with van der Waals surface area (Å²) in [5.74, 6) is -0.508. The Balaban J connectivity index is 1.56. The second kappa shape index (κ2) is 7.56. The lowest BCUT2D eigenvalue weighted by molar-refractivity contribution is -0.149. The molecular weight excluding hydrogens is 352 g/mol. The zero-order chi connectivity index (χ0) is 19.6. The number of imide groups is 1. The Kier molecular flexibility index (Phi) is 5.20. The molecule has 0 unspecified atom stereocenters. The average Bonchev–Trinajstić information content (AvgIpc) is 2.87. The monoisotopic (exact) mass is 372 g/mol. The van der Waals surface area contributed by atoms with Crippen LogP contribution in [0.3, 0.4) is 0 Å². The van der Waals surface area contributed by atoms with Crippen LogP contribution in [0.25, 0.3) is 10.9 Å². The minimum Gasteiger partial charge on any atom is -0.454 e. The van der Waals surface area contributed by atoms with Gasteiger partial charge in [0, 0.05) is 20.0 Å². The SMILES string of the molecule is C[C@@H](OC(=O)CCCN1C(=O)CN(C)C1=O)c1nc2ccccc2c(=O)[nH]1. The fourth-order valence-electron chi connectivity index (χ4n) is 2.88. The van der Waals surface area contributed by atoms with Gasteiger partial charge in [-0.15, -0.1) is 0 Å². The second-order valence-corrected chi connectivity index (χ2v) is 6.39. The van der Waals surface area contributed by atoms with E-state index in [0.29, 0.717) is 17.3 Å². The van der Waals surface area contributed by atoms with Gasteiger partial charge < -0.3 is 14.6 Å². The van der Waals surface area contributed by atoms with Crippen molar-refractivity contribution in [2.75, 3.05) is 20.1 Å². The van der Waals surface area contributed by atoms with Crippen LogP contribution in [-0.4, -0.2) is 57.8 Å². The number of ether oxygens (including phenoxy) is 1. The summed E-state index contributed by atoms with van der Waals surface area (Å²) >= 11 is 0. The molecule has 1 aliphatic rings. The zero-order valence-electron chi connectivity index (χ0n) is 15.1. The third kappa shape index (κ3) is 3.97. The Morgan fingerprint density at radius 2 is 2.04 bits per heavy atom. The first kappa shape index (κ1) is 18.6. The predicted octanol–water partition coefficient (Wildman–Crippen LogP) is 1.20. The summed E-state index contributed by atoms with van der Waals surface area (Å²) in [6.07, 6.45) is -0.377. The molecule has 0 spiro atoms. The van der Waals surface area contributed by atoms with Crippen LogP contribution in [0.15, 0.2) is 29.1 Å². The molecule has 3 amide bonds. The highest BCUT2D eigenvalue weighted by molar-refractivity contribution is 6.01. The maximum Gasteiger partial charge on any atom is 0.326 e. The molecule has 1 atom stereocenters. The summed E-state index contributed by atoms with van der Waals surface area (Å²) in [5.41, 5.74) is 0.225. The van der Waals surface area contributed by atoms with Crippen LogP contribution in [0.1, 0.15) is 31.7 Å². The molecule has 0 bridgehead atoms. The zero-order valence-corrected chi connectivity index (χ0v) is 15.1. The number of aromatic nitrogens is 2. The number of likely N-dealkylation sites (N-methyl/N-ethyl adjacent to an activating group) is 1. The molecule has 1 fully saturated rings. The molecule has 1 saturated heterocycles. The summed E-state index contributed by atoms with van der Waals surface area (Å²) in [5, 5.41) is 0.463. The third-order valence-electron chi connectivity index (χ3n) is 4.32. The smallest absolute Gasteiger partial charge is 0.326 e. The van der Waals surface area contributed by atoms with E-state index >= 15 is 0 Å². The van der Waals surface area contributed by atoms with E-state index in [9.17, 15) is 19.2 Å². The van der Waals surface area contributed by atoms with Gasteiger partial charge in [-0.3, -0.25) is 19.3 Å². The number of esters is 1. The van der Waals surface area contributed by atoms with Crippen LogP contribution in [0.2, 0.25) is 0 Å². The van der Waals surface area contributed by atoms with Gasteiger partial charge in [0.05, 0.1) is 10.9 Å². The van der Waals surface area contributed by atoms with Gasteiger partial charge >= 0.3 is 12.0 Å². The Hall–Kier alpha value is -3.23. The minimum atomic E-state index is -0.726. The van der Waals surface area contributed by atoms with Gasteiger partial charge in [0.2, 0.25) is 5.91 Å². The number of urea groups is 1. The fourth-order valence-corrected chi connectivity index (χ4v) is 2.88. The summed E-state index contributed by atoms with van der Waals surface area (Å²) in [6, 6.07) is 6.53. The predicted molar refractivity (Wildman–Crippen MR) is 95.8 cm³/mol. The van der Waals surface area contributed by atoms with Crippen LogP contribution in [0, 0.1) is 0 Å². The molecule has 0 radical (unpaired) electrons. The van der Waals surface area contributed by atoms with E-state index in [0.717, 1.165) is 4.90 Å². The summed E-state index contributed by atoms with van der Waals surface area (Å²) in [4.78, 5) is 57.0. The molecular formula is C18H20N4O5. The Labute approximate surface area is 154 Å². The lowest BCUT2D eigenvalue weighted by Gasteiger charge is -2.15. The van der Waals surface area contributed by atoms with E-state index in [1.807, 2.05) is 0 Å². The van der Waals surface area contributed by atoms with Crippen molar-refractivity contribution in [2.45, 2.75) is 25.9 Å². The number of fused-ring (bicyclic) bond motifs is 1. The molecule has 9 heteroatoms. The topological polar surface area (TPSA) is 113 Å². The molecule has 27 heavy (non-hydrogen) atoms. The van der Waals surface area contributed by atoms with E-state index in [-0.39, 0.29) is 42.8 Å². The largest absolute Gasteiger partial charge is 0.454 e. The number of rotatable bonds is 6. The third-order valence-corrected chi connectivity index (χ3v) is 4.32. The van der Waals surface area contributed by atoms with Crippen molar-refractivity contribution >= 4 is 28.8 Å². The standard InChI is InChI=1S/C18H20N4O5/c1-11(16-19-13-7-4-3-6-12(13)17(25)20-16)27-15(24)8-5-9-22-14(23)10-21(2)18(22)26/h3-4,6-7,11H,5,8-10H2,1-2H3,(H,19,20,25)/t11-/m1/s1. The number of aromatic amines is 1.